The fourth-order valence-electron chi connectivity index (χ4n) is 2.40. The minimum atomic E-state index is -0.560. The Balaban J connectivity index is 1.77. The third kappa shape index (κ3) is 2.76. The maximum absolute atomic E-state index is 12.0. The number of nitrogens with one attached hydrogen (secondary N) is 2. The maximum atomic E-state index is 12.0. The van der Waals surface area contributed by atoms with E-state index in [1.54, 1.807) is 36.0 Å². The van der Waals surface area contributed by atoms with Crippen molar-refractivity contribution < 1.29 is 4.42 Å². The Morgan fingerprint density at radius 3 is 2.84 bits per heavy atom. The van der Waals surface area contributed by atoms with Gasteiger partial charge in [-0.2, -0.15) is 0 Å². The van der Waals surface area contributed by atoms with E-state index in [1.165, 1.54) is 11.8 Å². The van der Waals surface area contributed by atoms with Gasteiger partial charge in [-0.1, -0.05) is 0 Å². The van der Waals surface area contributed by atoms with Crippen LogP contribution < -0.4 is 11.2 Å². The van der Waals surface area contributed by atoms with Crippen molar-refractivity contribution in [3.05, 3.63) is 50.9 Å². The Morgan fingerprint density at radius 2 is 2.08 bits per heavy atom. The Labute approximate surface area is 144 Å². The SMILES string of the molecule is Cc1cc(-c2ccc(Sc3nncn3C)o2)nc2c(=O)[nH]c(=O)[nH]c12. The highest BCUT2D eigenvalue weighted by atomic mass is 32.2. The van der Waals surface area contributed by atoms with E-state index in [9.17, 15) is 9.59 Å². The third-order valence-electron chi connectivity index (χ3n) is 3.59. The van der Waals surface area contributed by atoms with Crippen LogP contribution in [0.15, 0.2) is 48.8 Å². The van der Waals surface area contributed by atoms with Crippen LogP contribution in [0.3, 0.4) is 0 Å². The van der Waals surface area contributed by atoms with Gasteiger partial charge in [-0.15, -0.1) is 10.2 Å². The lowest BCUT2D eigenvalue weighted by Gasteiger charge is -2.03. The average Bonchev–Trinajstić information content (AvgIpc) is 3.18. The number of rotatable bonds is 3. The number of furan rings is 1. The van der Waals surface area contributed by atoms with E-state index in [2.05, 4.69) is 25.1 Å². The predicted octanol–water partition coefficient (Wildman–Crippen LogP) is 1.46. The molecule has 0 aliphatic heterocycles. The van der Waals surface area contributed by atoms with Gasteiger partial charge in [0.25, 0.3) is 5.56 Å². The van der Waals surface area contributed by atoms with Crippen molar-refractivity contribution >= 4 is 22.8 Å². The van der Waals surface area contributed by atoms with E-state index in [0.29, 0.717) is 27.2 Å². The molecule has 0 aliphatic rings. The summed E-state index contributed by atoms with van der Waals surface area (Å²) < 4.78 is 7.58. The molecule has 0 aliphatic carbocycles. The first-order chi connectivity index (χ1) is 12.0. The smallest absolute Gasteiger partial charge is 0.326 e. The predicted molar refractivity (Wildman–Crippen MR) is 90.5 cm³/mol. The van der Waals surface area contributed by atoms with Crippen LogP contribution in [0.5, 0.6) is 0 Å². The molecule has 126 valence electrons. The van der Waals surface area contributed by atoms with Crippen LogP contribution in [0.2, 0.25) is 0 Å². The number of H-pyrrole nitrogens is 2. The zero-order valence-electron chi connectivity index (χ0n) is 13.2. The fourth-order valence-corrected chi connectivity index (χ4v) is 3.12. The molecule has 0 unspecified atom stereocenters. The standard InChI is InChI=1S/C15H12N6O3S/c1-7-5-8(17-12-11(7)18-14(23)19-13(12)22)9-3-4-10(24-9)25-15-20-16-6-21(15)2/h3-6H,1-2H3,(H2,18,19,22,23). The molecule has 0 saturated carbocycles. The van der Waals surface area contributed by atoms with Crippen LogP contribution in [0.25, 0.3) is 22.5 Å². The lowest BCUT2D eigenvalue weighted by atomic mass is 10.2. The molecule has 4 aromatic heterocycles. The molecule has 9 nitrogen and oxygen atoms in total. The highest BCUT2D eigenvalue weighted by Gasteiger charge is 2.13. The van der Waals surface area contributed by atoms with Gasteiger partial charge >= 0.3 is 5.69 Å². The molecule has 0 atom stereocenters. The first-order valence-corrected chi connectivity index (χ1v) is 8.09. The van der Waals surface area contributed by atoms with Crippen molar-refractivity contribution in [2.24, 2.45) is 7.05 Å². The molecule has 0 amide bonds. The fraction of sp³-hybridized carbons (Fsp3) is 0.133. The molecule has 0 bridgehead atoms. The van der Waals surface area contributed by atoms with Gasteiger partial charge in [0.2, 0.25) is 0 Å². The number of hydrogen-bond donors (Lipinski definition) is 2. The first kappa shape index (κ1) is 15.4. The lowest BCUT2D eigenvalue weighted by Crippen LogP contribution is -2.23. The molecule has 4 heterocycles. The summed E-state index contributed by atoms with van der Waals surface area (Å²) >= 11 is 1.33. The van der Waals surface area contributed by atoms with Gasteiger partial charge in [0.15, 0.2) is 21.5 Å². The van der Waals surface area contributed by atoms with Crippen molar-refractivity contribution in [3.8, 4) is 11.5 Å². The topological polar surface area (TPSA) is 122 Å². The summed E-state index contributed by atoms with van der Waals surface area (Å²) in [4.78, 5) is 32.5. The number of fused-ring (bicyclic) bond motifs is 1. The van der Waals surface area contributed by atoms with Crippen LogP contribution in [-0.2, 0) is 7.05 Å². The summed E-state index contributed by atoms with van der Waals surface area (Å²) in [5.41, 5.74) is 0.708. The van der Waals surface area contributed by atoms with E-state index < -0.39 is 11.2 Å². The maximum Gasteiger partial charge on any atom is 0.326 e. The van der Waals surface area contributed by atoms with Crippen molar-refractivity contribution in [2.75, 3.05) is 0 Å². The summed E-state index contributed by atoms with van der Waals surface area (Å²) in [7, 11) is 1.84. The minimum absolute atomic E-state index is 0.161. The quantitative estimate of drug-likeness (QED) is 0.570. The van der Waals surface area contributed by atoms with E-state index in [4.69, 9.17) is 4.42 Å². The number of aromatic nitrogens is 6. The van der Waals surface area contributed by atoms with Crippen LogP contribution in [0.1, 0.15) is 5.56 Å². The molecule has 0 spiro atoms. The van der Waals surface area contributed by atoms with Gasteiger partial charge in [-0.05, 0) is 42.4 Å². The van der Waals surface area contributed by atoms with E-state index >= 15 is 0 Å². The summed E-state index contributed by atoms with van der Waals surface area (Å²) in [5, 5.41) is 9.12. The number of aromatic amines is 2. The van der Waals surface area contributed by atoms with E-state index in [0.717, 1.165) is 5.56 Å². The van der Waals surface area contributed by atoms with Gasteiger partial charge in [0.1, 0.15) is 12.0 Å². The molecule has 4 aromatic rings. The second-order valence-corrected chi connectivity index (χ2v) is 6.37. The molecule has 0 saturated heterocycles. The van der Waals surface area contributed by atoms with Crippen LogP contribution >= 0.6 is 11.8 Å². The Hall–Kier alpha value is -3.14. The van der Waals surface area contributed by atoms with Gasteiger partial charge in [0, 0.05) is 7.05 Å². The van der Waals surface area contributed by atoms with E-state index in [1.807, 2.05) is 7.05 Å². The van der Waals surface area contributed by atoms with Crippen molar-refractivity contribution in [2.45, 2.75) is 17.2 Å². The summed E-state index contributed by atoms with van der Waals surface area (Å²) in [6.07, 6.45) is 1.60. The summed E-state index contributed by atoms with van der Waals surface area (Å²) in [5.74, 6) is 0.514. The highest BCUT2D eigenvalue weighted by Crippen LogP contribution is 2.31. The number of hydrogen-bond acceptors (Lipinski definition) is 7. The van der Waals surface area contributed by atoms with Gasteiger partial charge in [-0.25, -0.2) is 9.78 Å². The Morgan fingerprint density at radius 1 is 1.24 bits per heavy atom. The van der Waals surface area contributed by atoms with Crippen LogP contribution in [-0.4, -0.2) is 29.7 Å². The number of aryl methyl sites for hydroxylation is 2. The number of pyridine rings is 1. The molecule has 10 heteroatoms. The molecule has 0 radical (unpaired) electrons. The minimum Gasteiger partial charge on any atom is -0.448 e. The molecule has 0 fully saturated rings. The van der Waals surface area contributed by atoms with Crippen molar-refractivity contribution in [3.63, 3.8) is 0 Å². The van der Waals surface area contributed by atoms with Crippen molar-refractivity contribution in [1.29, 1.82) is 0 Å². The molecule has 2 N–H and O–H groups in total. The van der Waals surface area contributed by atoms with Crippen molar-refractivity contribution in [1.82, 2.24) is 29.7 Å². The van der Waals surface area contributed by atoms with E-state index in [-0.39, 0.29) is 5.52 Å². The lowest BCUT2D eigenvalue weighted by molar-refractivity contribution is 0.485. The zero-order valence-corrected chi connectivity index (χ0v) is 14.0. The summed E-state index contributed by atoms with van der Waals surface area (Å²) in [6.45, 7) is 1.79. The molecular weight excluding hydrogens is 344 g/mol. The normalized spacial score (nSPS) is 11.3. The first-order valence-electron chi connectivity index (χ1n) is 7.27. The highest BCUT2D eigenvalue weighted by molar-refractivity contribution is 7.99. The van der Waals surface area contributed by atoms with Crippen LogP contribution in [0, 0.1) is 6.92 Å². The summed E-state index contributed by atoms with van der Waals surface area (Å²) in [6, 6.07) is 5.33. The Bertz CT molecular complexity index is 1200. The Kier molecular flexibility index (Phi) is 3.53. The number of nitrogens with zero attached hydrogens (tertiary/aromatic N) is 4. The zero-order chi connectivity index (χ0) is 17.6. The van der Waals surface area contributed by atoms with Crippen LogP contribution in [0.4, 0.5) is 0 Å². The second kappa shape index (κ2) is 5.74. The molecule has 25 heavy (non-hydrogen) atoms. The monoisotopic (exact) mass is 356 g/mol. The second-order valence-electron chi connectivity index (χ2n) is 5.40. The largest absolute Gasteiger partial charge is 0.448 e. The van der Waals surface area contributed by atoms with Gasteiger partial charge in [-0.3, -0.25) is 9.78 Å². The molecule has 0 aromatic carbocycles. The van der Waals surface area contributed by atoms with Gasteiger partial charge < -0.3 is 14.0 Å². The molecular formula is C15H12N6O3S. The third-order valence-corrected chi connectivity index (χ3v) is 4.57. The average molecular weight is 356 g/mol. The molecule has 4 rings (SSSR count). The van der Waals surface area contributed by atoms with Gasteiger partial charge in [0.05, 0.1) is 5.52 Å².